The van der Waals surface area contributed by atoms with Crippen LogP contribution < -0.4 is 0 Å². The molecule has 1 aliphatic heterocycles. The molecule has 0 radical (unpaired) electrons. The van der Waals surface area contributed by atoms with Gasteiger partial charge in [-0.1, -0.05) is 36.4 Å². The van der Waals surface area contributed by atoms with Gasteiger partial charge in [0, 0.05) is 0 Å². The molecule has 0 spiro atoms. The van der Waals surface area contributed by atoms with Crippen molar-refractivity contribution in [2.24, 2.45) is 0 Å². The minimum atomic E-state index is -5.17. The van der Waals surface area contributed by atoms with E-state index in [0.717, 1.165) is 18.2 Å². The predicted molar refractivity (Wildman–Crippen MR) is 105 cm³/mol. The van der Waals surface area contributed by atoms with Gasteiger partial charge in [0.05, 0.1) is 14.7 Å². The van der Waals surface area contributed by atoms with E-state index in [9.17, 15) is 33.7 Å². The fraction of sp³-hybridized carbons (Fsp3) is 0. The Bertz CT molecular complexity index is 1600. The summed E-state index contributed by atoms with van der Waals surface area (Å²) in [4.78, 5) is -3.78. The van der Waals surface area contributed by atoms with E-state index in [2.05, 4.69) is 0 Å². The van der Waals surface area contributed by atoms with Crippen molar-refractivity contribution in [2.75, 3.05) is 0 Å². The number of sulfone groups is 2. The molecule has 0 saturated heterocycles. The number of rotatable bonds is 5. The highest BCUT2D eigenvalue weighted by atomic mass is 33.2. The van der Waals surface area contributed by atoms with Gasteiger partial charge in [0.25, 0.3) is 17.7 Å². The number of benzene rings is 3. The molecule has 0 aromatic heterocycles. The Morgan fingerprint density at radius 1 is 0.500 bits per heavy atom. The molecule has 0 atom stereocenters. The van der Waals surface area contributed by atoms with E-state index in [1.54, 1.807) is 6.07 Å². The Labute approximate surface area is 172 Å². The minimum Gasteiger partial charge on any atom is -0.218 e. The quantitative estimate of drug-likeness (QED) is 0.309. The van der Waals surface area contributed by atoms with E-state index < -0.39 is 61.9 Å². The molecule has 0 bridgehead atoms. The van der Waals surface area contributed by atoms with Crippen LogP contribution in [-0.2, 0) is 37.4 Å². The van der Waals surface area contributed by atoms with Gasteiger partial charge in [-0.2, -0.15) is 0 Å². The lowest BCUT2D eigenvalue weighted by Crippen LogP contribution is -2.16. The Morgan fingerprint density at radius 3 is 1.47 bits per heavy atom. The van der Waals surface area contributed by atoms with Crippen molar-refractivity contribution >= 4 is 37.4 Å². The second kappa shape index (κ2) is 6.48. The summed E-state index contributed by atoms with van der Waals surface area (Å²) in [5.74, 6) is 0. The van der Waals surface area contributed by atoms with Crippen LogP contribution in [0, 0.1) is 0 Å². The highest BCUT2D eigenvalue weighted by Crippen LogP contribution is 2.50. The van der Waals surface area contributed by atoms with Gasteiger partial charge in [0.2, 0.25) is 19.7 Å². The lowest BCUT2D eigenvalue weighted by atomic mass is 10.4. The van der Waals surface area contributed by atoms with E-state index in [4.69, 9.17) is 0 Å². The van der Waals surface area contributed by atoms with Gasteiger partial charge >= 0.3 is 0 Å². The second-order valence-corrected chi connectivity index (χ2v) is 15.4. The summed E-state index contributed by atoms with van der Waals surface area (Å²) in [6.07, 6.45) is 0. The number of hydrogen-bond acceptors (Lipinski definition) is 8. The molecule has 3 aromatic carbocycles. The van der Waals surface area contributed by atoms with Gasteiger partial charge in [-0.15, -0.1) is 0 Å². The van der Waals surface area contributed by atoms with Crippen LogP contribution in [0.15, 0.2) is 102 Å². The molecule has 30 heavy (non-hydrogen) atoms. The Balaban J connectivity index is 1.93. The summed E-state index contributed by atoms with van der Waals surface area (Å²) in [6.45, 7) is 0. The summed E-state index contributed by atoms with van der Waals surface area (Å²) in [5.41, 5.74) is 0. The number of hydrogen-bond donors (Lipinski definition) is 0. The molecular weight excluding hydrogens is 472 g/mol. The van der Waals surface area contributed by atoms with Gasteiger partial charge in [-0.25, -0.2) is 33.7 Å². The van der Waals surface area contributed by atoms with Crippen LogP contribution in [0.25, 0.3) is 0 Å². The lowest BCUT2D eigenvalue weighted by molar-refractivity contribution is 0.580. The first-order chi connectivity index (χ1) is 13.9. The van der Waals surface area contributed by atoms with E-state index in [1.807, 2.05) is 0 Å². The van der Waals surface area contributed by atoms with Crippen LogP contribution in [0.4, 0.5) is 0 Å². The molecule has 1 heterocycles. The fourth-order valence-corrected chi connectivity index (χ4v) is 11.2. The standard InChI is InChI=1S/C18H12O8S4/c19-27(20,13-7-3-1-4-8-13)15-11-12-16(18-17(15)28(18,21)22)30(25,26)29(23,24)14-9-5-2-6-10-14/h1-12H. The average molecular weight is 485 g/mol. The van der Waals surface area contributed by atoms with Crippen molar-refractivity contribution < 1.29 is 33.7 Å². The molecular formula is C18H12O8S4. The fourth-order valence-electron chi connectivity index (χ4n) is 2.95. The maximum Gasteiger partial charge on any atom is 0.287 e. The summed E-state index contributed by atoms with van der Waals surface area (Å²) in [5, 5.41) is 0. The SMILES string of the molecule is O=S(=O)(c1ccccc1)c1ccc(S(=O)(=O)S(=O)(=O)c2ccccc2)c2c1S2(=O)=O. The smallest absolute Gasteiger partial charge is 0.218 e. The third-order valence-corrected chi connectivity index (χ3v) is 13.4. The maximum atomic E-state index is 12.8. The van der Waals surface area contributed by atoms with Crippen LogP contribution in [0.5, 0.6) is 0 Å². The third-order valence-electron chi connectivity index (χ3n) is 4.47. The summed E-state index contributed by atoms with van der Waals surface area (Å²) in [6, 6.07) is 14.8. The largest absolute Gasteiger partial charge is 0.287 e. The summed E-state index contributed by atoms with van der Waals surface area (Å²) in [7, 11) is -18.8. The van der Waals surface area contributed by atoms with Gasteiger partial charge in [0.1, 0.15) is 14.7 Å². The van der Waals surface area contributed by atoms with Crippen molar-refractivity contribution in [3.8, 4) is 0 Å². The molecule has 12 heteroatoms. The van der Waals surface area contributed by atoms with Crippen molar-refractivity contribution in [3.05, 3.63) is 72.8 Å². The second-order valence-electron chi connectivity index (χ2n) is 6.26. The topological polar surface area (TPSA) is 137 Å². The number of fused-ring (bicyclic) bond motifs is 1. The van der Waals surface area contributed by atoms with E-state index in [0.29, 0.717) is 6.07 Å². The molecule has 1 aliphatic rings. The van der Waals surface area contributed by atoms with Crippen LogP contribution in [-0.4, -0.2) is 33.7 Å². The Kier molecular flexibility index (Phi) is 4.47. The molecule has 0 amide bonds. The van der Waals surface area contributed by atoms with Crippen LogP contribution in [0.2, 0.25) is 0 Å². The van der Waals surface area contributed by atoms with E-state index in [1.165, 1.54) is 42.5 Å². The average Bonchev–Trinajstić information content (AvgIpc) is 3.30. The van der Waals surface area contributed by atoms with Crippen molar-refractivity contribution in [1.82, 2.24) is 0 Å². The van der Waals surface area contributed by atoms with Crippen LogP contribution >= 0.6 is 0 Å². The third kappa shape index (κ3) is 2.82. The lowest BCUT2D eigenvalue weighted by Gasteiger charge is -2.07. The van der Waals surface area contributed by atoms with Gasteiger partial charge in [0.15, 0.2) is 0 Å². The highest BCUT2D eigenvalue weighted by Gasteiger charge is 2.52. The minimum absolute atomic E-state index is 0.179. The highest BCUT2D eigenvalue weighted by molar-refractivity contribution is 8.67. The van der Waals surface area contributed by atoms with Crippen molar-refractivity contribution in [1.29, 1.82) is 0 Å². The zero-order chi connectivity index (χ0) is 21.9. The Hall–Kier alpha value is -2.54. The van der Waals surface area contributed by atoms with Crippen molar-refractivity contribution in [3.63, 3.8) is 0 Å². The zero-order valence-corrected chi connectivity index (χ0v) is 18.1. The molecule has 0 N–H and O–H groups in total. The molecule has 3 aromatic rings. The monoisotopic (exact) mass is 484 g/mol. The molecule has 8 nitrogen and oxygen atoms in total. The zero-order valence-electron chi connectivity index (χ0n) is 14.8. The van der Waals surface area contributed by atoms with Gasteiger partial charge in [-0.3, -0.25) is 0 Å². The van der Waals surface area contributed by atoms with Crippen LogP contribution in [0.3, 0.4) is 0 Å². The van der Waals surface area contributed by atoms with Crippen molar-refractivity contribution in [2.45, 2.75) is 29.4 Å². The molecule has 156 valence electrons. The Morgan fingerprint density at radius 2 is 0.933 bits per heavy atom. The normalized spacial score (nSPS) is 15.3. The predicted octanol–water partition coefficient (Wildman–Crippen LogP) is 1.83. The first-order valence-electron chi connectivity index (χ1n) is 8.21. The van der Waals surface area contributed by atoms with Crippen LogP contribution in [0.1, 0.15) is 0 Å². The maximum absolute atomic E-state index is 12.8. The van der Waals surface area contributed by atoms with Gasteiger partial charge in [-0.05, 0) is 36.4 Å². The summed E-state index contributed by atoms with van der Waals surface area (Å²) < 4.78 is 101. The first kappa shape index (κ1) is 20.7. The van der Waals surface area contributed by atoms with Gasteiger partial charge < -0.3 is 0 Å². The summed E-state index contributed by atoms with van der Waals surface area (Å²) >= 11 is 0. The molecule has 0 saturated carbocycles. The van der Waals surface area contributed by atoms with E-state index >= 15 is 0 Å². The first-order valence-corrected chi connectivity index (χ1v) is 14.7. The van der Waals surface area contributed by atoms with E-state index in [-0.39, 0.29) is 4.90 Å². The molecule has 0 unspecified atom stereocenters. The molecule has 0 aliphatic carbocycles. The molecule has 0 fully saturated rings. The molecule has 4 rings (SSSR count).